The van der Waals surface area contributed by atoms with E-state index in [2.05, 4.69) is 65.4 Å². The monoisotopic (exact) mass is 956 g/mol. The number of aliphatic hydroxyl groups is 3. The fourth-order valence-electron chi connectivity index (χ4n) is 5.29. The van der Waals surface area contributed by atoms with Crippen LogP contribution >= 0.6 is 15.6 Å². The van der Waals surface area contributed by atoms with Gasteiger partial charge in [0.2, 0.25) is 0 Å². The second-order valence-corrected chi connectivity index (χ2v) is 17.7. The van der Waals surface area contributed by atoms with Gasteiger partial charge in [0.15, 0.2) is 6.10 Å². The molecule has 0 aliphatic carbocycles. The highest BCUT2D eigenvalue weighted by molar-refractivity contribution is 7.47. The Balaban J connectivity index is 4.88. The molecular formula is C48H78O15P2. The van der Waals surface area contributed by atoms with Gasteiger partial charge >= 0.3 is 27.6 Å². The summed E-state index contributed by atoms with van der Waals surface area (Å²) in [7, 11) is -9.80. The Morgan fingerprint density at radius 1 is 0.523 bits per heavy atom. The van der Waals surface area contributed by atoms with Crippen LogP contribution in [0.1, 0.15) is 129 Å². The van der Waals surface area contributed by atoms with Crippen LogP contribution in [0, 0.1) is 0 Å². The van der Waals surface area contributed by atoms with Gasteiger partial charge in [0.1, 0.15) is 12.7 Å². The van der Waals surface area contributed by atoms with E-state index in [4.69, 9.17) is 23.8 Å². The maximum Gasteiger partial charge on any atom is 0.472 e. The molecule has 0 bridgehead atoms. The van der Waals surface area contributed by atoms with Crippen molar-refractivity contribution in [2.75, 3.05) is 26.4 Å². The number of unbranched alkanes of at least 4 members (excludes halogenated alkanes) is 6. The molecule has 1 unspecified atom stereocenters. The summed E-state index contributed by atoms with van der Waals surface area (Å²) in [6, 6.07) is 0. The van der Waals surface area contributed by atoms with Gasteiger partial charge in [0, 0.05) is 12.8 Å². The zero-order chi connectivity index (χ0) is 48.3. The van der Waals surface area contributed by atoms with Gasteiger partial charge in [-0.3, -0.25) is 23.2 Å². The lowest BCUT2D eigenvalue weighted by molar-refractivity contribution is -0.161. The molecule has 0 fully saturated rings. The number of hydrogen-bond donors (Lipinski definition) is 6. The van der Waals surface area contributed by atoms with E-state index in [0.717, 1.165) is 38.5 Å². The number of esters is 2. The number of hydrogen-bond acceptors (Lipinski definition) is 12. The molecule has 0 aromatic carbocycles. The molecule has 0 spiro atoms. The Morgan fingerprint density at radius 3 is 1.57 bits per heavy atom. The van der Waals surface area contributed by atoms with Gasteiger partial charge in [-0.1, -0.05) is 149 Å². The third-order valence-electron chi connectivity index (χ3n) is 8.83. The Kier molecular flexibility index (Phi) is 39.9. The van der Waals surface area contributed by atoms with Crippen molar-refractivity contribution in [1.29, 1.82) is 0 Å². The van der Waals surface area contributed by atoms with E-state index >= 15 is 0 Å². The number of rotatable bonds is 41. The van der Waals surface area contributed by atoms with Gasteiger partial charge in [-0.15, -0.1) is 0 Å². The number of phosphoric ester groups is 2. The van der Waals surface area contributed by atoms with Crippen molar-refractivity contribution in [1.82, 2.24) is 0 Å². The summed E-state index contributed by atoms with van der Waals surface area (Å²) in [6.45, 7) is 1.29. The molecule has 370 valence electrons. The van der Waals surface area contributed by atoms with Gasteiger partial charge < -0.3 is 39.5 Å². The van der Waals surface area contributed by atoms with Crippen LogP contribution in [0.4, 0.5) is 0 Å². The first-order valence-electron chi connectivity index (χ1n) is 22.8. The smallest absolute Gasteiger partial charge is 0.462 e. The molecule has 0 aromatic heterocycles. The molecule has 15 nitrogen and oxygen atoms in total. The number of aliphatic hydroxyl groups excluding tert-OH is 3. The molecule has 0 aliphatic rings. The number of carbonyl (C=O) groups is 2. The highest BCUT2D eigenvalue weighted by Gasteiger charge is 2.28. The summed E-state index contributed by atoms with van der Waals surface area (Å²) in [5, 5.41) is 30.1. The van der Waals surface area contributed by atoms with Crippen molar-refractivity contribution < 1.29 is 71.8 Å². The van der Waals surface area contributed by atoms with E-state index < -0.39 is 78.4 Å². The highest BCUT2D eigenvalue weighted by Crippen LogP contribution is 2.43. The van der Waals surface area contributed by atoms with Gasteiger partial charge in [-0.2, -0.15) is 0 Å². The SMILES string of the molecule is CCCCC/C=C\C/C=C\C/C=C\C/C=C\C/C=C\CCC(=O)O[C@H](COC(=O)CCC[C@H](O)\C=C/C=C/C=C/[C@H](O)C/C=C\CCCCC)COP(=O)(O)OC[C@@H](O)COP(=O)(O)O. The summed E-state index contributed by atoms with van der Waals surface area (Å²) in [5.74, 6) is -1.38. The molecule has 0 amide bonds. The summed E-state index contributed by atoms with van der Waals surface area (Å²) in [6.07, 6.45) is 44.3. The van der Waals surface area contributed by atoms with E-state index in [0.29, 0.717) is 19.3 Å². The summed E-state index contributed by atoms with van der Waals surface area (Å²) in [5.41, 5.74) is 0. The first kappa shape index (κ1) is 61.7. The minimum Gasteiger partial charge on any atom is -0.462 e. The second kappa shape index (κ2) is 42.1. The zero-order valence-corrected chi connectivity index (χ0v) is 40.3. The maximum absolute atomic E-state index is 12.7. The summed E-state index contributed by atoms with van der Waals surface area (Å²) in [4.78, 5) is 52.7. The van der Waals surface area contributed by atoms with E-state index in [1.54, 1.807) is 36.5 Å². The zero-order valence-electron chi connectivity index (χ0n) is 38.5. The quantitative estimate of drug-likeness (QED) is 0.0110. The highest BCUT2D eigenvalue weighted by atomic mass is 31.2. The molecule has 0 heterocycles. The lowest BCUT2D eigenvalue weighted by Gasteiger charge is -2.20. The average molecular weight is 957 g/mol. The van der Waals surface area contributed by atoms with Gasteiger partial charge in [-0.05, 0) is 77.0 Å². The predicted octanol–water partition coefficient (Wildman–Crippen LogP) is 9.83. The minimum absolute atomic E-state index is 0.0513. The third kappa shape index (κ3) is 45.6. The molecule has 0 saturated carbocycles. The molecule has 65 heavy (non-hydrogen) atoms. The van der Waals surface area contributed by atoms with Crippen molar-refractivity contribution in [3.8, 4) is 0 Å². The Morgan fingerprint density at radius 2 is 1.02 bits per heavy atom. The Bertz CT molecular complexity index is 1590. The lowest BCUT2D eigenvalue weighted by atomic mass is 10.1. The maximum atomic E-state index is 12.7. The normalized spacial score (nSPS) is 15.9. The first-order chi connectivity index (χ1) is 31.2. The largest absolute Gasteiger partial charge is 0.472 e. The number of carbonyl (C=O) groups excluding carboxylic acids is 2. The predicted molar refractivity (Wildman–Crippen MR) is 255 cm³/mol. The number of allylic oxidation sites excluding steroid dienone is 15. The van der Waals surface area contributed by atoms with E-state index in [1.165, 1.54) is 32.1 Å². The standard InChI is InChI=1S/C48H78O15P2/c1-3-5-7-9-11-12-13-14-15-16-17-18-19-20-21-22-23-25-31-37-48(53)63-46(42-62-65(57,58)61-40-45(51)39-60-64(54,55)56)41-59-47(52)38-32-36-44(50)35-30-27-26-29-34-43(49)33-28-24-10-8-6-4-2/h11-12,14-15,17-18,20-21,23-30,34-35,43-46,49-51H,3-10,13,16,19,22,31-33,36-42H2,1-2H3,(H,57,58)(H2,54,55,56)/b12-11-,15-14-,18-17-,21-20-,25-23-,27-26+,28-24-,34-29+,35-30-/t43-,44-,45+,46-/m1/s1. The molecule has 0 rings (SSSR count). The van der Waals surface area contributed by atoms with Gasteiger partial charge in [-0.25, -0.2) is 9.13 Å². The van der Waals surface area contributed by atoms with Crippen molar-refractivity contribution in [3.63, 3.8) is 0 Å². The molecule has 17 heteroatoms. The molecule has 0 radical (unpaired) electrons. The summed E-state index contributed by atoms with van der Waals surface area (Å²) < 4.78 is 47.5. The van der Waals surface area contributed by atoms with Gasteiger partial charge in [0.05, 0.1) is 32.0 Å². The molecule has 0 aliphatic heterocycles. The van der Waals surface area contributed by atoms with Crippen molar-refractivity contribution >= 4 is 27.6 Å². The number of phosphoric acid groups is 2. The fraction of sp³-hybridized carbons (Fsp3) is 0.583. The van der Waals surface area contributed by atoms with Gasteiger partial charge in [0.25, 0.3) is 0 Å². The van der Waals surface area contributed by atoms with Crippen molar-refractivity contribution in [2.24, 2.45) is 0 Å². The molecule has 6 N–H and O–H groups in total. The van der Waals surface area contributed by atoms with Crippen LogP contribution in [0.5, 0.6) is 0 Å². The van der Waals surface area contributed by atoms with Crippen LogP contribution in [0.2, 0.25) is 0 Å². The molecule has 5 atom stereocenters. The lowest BCUT2D eigenvalue weighted by Crippen LogP contribution is -2.30. The van der Waals surface area contributed by atoms with Crippen LogP contribution in [0.25, 0.3) is 0 Å². The summed E-state index contributed by atoms with van der Waals surface area (Å²) >= 11 is 0. The Labute approximate surface area is 387 Å². The Hall–Kier alpha value is -3.30. The third-order valence-corrected chi connectivity index (χ3v) is 10.3. The van der Waals surface area contributed by atoms with Crippen LogP contribution in [-0.2, 0) is 41.8 Å². The van der Waals surface area contributed by atoms with Crippen LogP contribution in [0.15, 0.2) is 109 Å². The molecule has 0 saturated heterocycles. The van der Waals surface area contributed by atoms with E-state index in [-0.39, 0.29) is 25.7 Å². The number of ether oxygens (including phenoxy) is 2. The van der Waals surface area contributed by atoms with Crippen molar-refractivity contribution in [3.05, 3.63) is 109 Å². The van der Waals surface area contributed by atoms with E-state index in [9.17, 15) is 38.9 Å². The first-order valence-corrected chi connectivity index (χ1v) is 25.8. The van der Waals surface area contributed by atoms with Crippen molar-refractivity contribution in [2.45, 2.75) is 154 Å². The van der Waals surface area contributed by atoms with Crippen LogP contribution in [0.3, 0.4) is 0 Å². The van der Waals surface area contributed by atoms with E-state index in [1.807, 2.05) is 30.4 Å². The van der Waals surface area contributed by atoms with Crippen LogP contribution in [-0.4, -0.2) is 92.8 Å². The molecule has 0 aromatic rings. The topological polar surface area (TPSA) is 236 Å². The molecular weight excluding hydrogens is 878 g/mol. The average Bonchev–Trinajstić information content (AvgIpc) is 3.26. The van der Waals surface area contributed by atoms with Crippen LogP contribution < -0.4 is 0 Å². The second-order valence-electron chi connectivity index (χ2n) is 15.0. The minimum atomic E-state index is -4.90. The fourth-order valence-corrected chi connectivity index (χ4v) is 6.44.